The van der Waals surface area contributed by atoms with Crippen LogP contribution >= 0.6 is 11.3 Å². The molecule has 0 aliphatic carbocycles. The Kier molecular flexibility index (Phi) is 3.48. The fourth-order valence-corrected chi connectivity index (χ4v) is 2.43. The molecule has 18 heavy (non-hydrogen) atoms. The Morgan fingerprint density at radius 2 is 2.11 bits per heavy atom. The topological polar surface area (TPSA) is 29.5 Å². The molecule has 0 saturated carbocycles. The van der Waals surface area contributed by atoms with Gasteiger partial charge in [-0.2, -0.15) is 0 Å². The summed E-state index contributed by atoms with van der Waals surface area (Å²) in [6, 6.07) is 2.16. The van der Waals surface area contributed by atoms with Crippen LogP contribution in [-0.4, -0.2) is 29.7 Å². The number of rotatable bonds is 1. The number of amides is 1. The fourth-order valence-electron chi connectivity index (χ4n) is 1.77. The number of ether oxygens (including phenoxy) is 1. The number of nitrogens with zero attached hydrogens (tertiary/aromatic N) is 1. The summed E-state index contributed by atoms with van der Waals surface area (Å²) in [5.74, 6) is 0. The second-order valence-electron chi connectivity index (χ2n) is 5.63. The van der Waals surface area contributed by atoms with E-state index < -0.39 is 5.60 Å². The molecule has 0 spiro atoms. The van der Waals surface area contributed by atoms with Crippen molar-refractivity contribution in [2.45, 2.75) is 33.3 Å². The molecule has 1 saturated heterocycles. The van der Waals surface area contributed by atoms with E-state index in [1.807, 2.05) is 20.8 Å². The lowest BCUT2D eigenvalue weighted by Gasteiger charge is -2.35. The number of thiophene rings is 1. The monoisotopic (exact) mass is 265 g/mol. The van der Waals surface area contributed by atoms with Crippen LogP contribution in [0.5, 0.6) is 0 Å². The molecular formula is C14H19NO2S. The second kappa shape index (κ2) is 4.76. The van der Waals surface area contributed by atoms with Gasteiger partial charge in [0, 0.05) is 18.0 Å². The molecule has 1 fully saturated rings. The number of hydrogen-bond donors (Lipinski definition) is 0. The summed E-state index contributed by atoms with van der Waals surface area (Å²) in [4.78, 5) is 14.8. The molecule has 0 unspecified atom stereocenters. The first-order valence-corrected chi connectivity index (χ1v) is 6.94. The highest BCUT2D eigenvalue weighted by molar-refractivity contribution is 7.10. The van der Waals surface area contributed by atoms with Crippen LogP contribution in [0.2, 0.25) is 0 Å². The first-order valence-electron chi connectivity index (χ1n) is 6.06. The third-order valence-corrected chi connectivity index (χ3v) is 3.44. The highest BCUT2D eigenvalue weighted by atomic mass is 32.1. The van der Waals surface area contributed by atoms with E-state index in [-0.39, 0.29) is 6.09 Å². The first-order chi connectivity index (χ1) is 8.33. The Hall–Kier alpha value is -1.29. The van der Waals surface area contributed by atoms with Crippen LogP contribution < -0.4 is 0 Å². The number of carbonyl (C=O) groups is 1. The normalized spacial score (nSPS) is 15.3. The van der Waals surface area contributed by atoms with Gasteiger partial charge in [0.15, 0.2) is 0 Å². The Labute approximate surface area is 112 Å². The predicted octanol–water partition coefficient (Wildman–Crippen LogP) is 3.69. The molecule has 1 aliphatic rings. The van der Waals surface area contributed by atoms with Crippen molar-refractivity contribution in [3.63, 3.8) is 0 Å². The van der Waals surface area contributed by atoms with Crippen molar-refractivity contribution in [2.75, 3.05) is 13.1 Å². The number of carbonyl (C=O) groups excluding carboxylic acids is 1. The van der Waals surface area contributed by atoms with Gasteiger partial charge in [-0.15, -0.1) is 11.3 Å². The molecule has 0 radical (unpaired) electrons. The van der Waals surface area contributed by atoms with Crippen molar-refractivity contribution >= 4 is 23.5 Å². The maximum Gasteiger partial charge on any atom is 0.410 e. The predicted molar refractivity (Wildman–Crippen MR) is 74.8 cm³/mol. The standard InChI is InChI=1S/C14H19NO2S/c1-10-5-11(9-18-10)6-12-7-15(8-12)13(16)17-14(2,3)4/h5-6,9H,7-8H2,1-4H3. The summed E-state index contributed by atoms with van der Waals surface area (Å²) in [7, 11) is 0. The molecule has 2 heterocycles. The van der Waals surface area contributed by atoms with Gasteiger partial charge in [-0.05, 0) is 50.3 Å². The summed E-state index contributed by atoms with van der Waals surface area (Å²) in [5, 5.41) is 2.14. The minimum absolute atomic E-state index is 0.221. The smallest absolute Gasteiger partial charge is 0.410 e. The summed E-state index contributed by atoms with van der Waals surface area (Å²) in [6.45, 7) is 9.12. The fraction of sp³-hybridized carbons (Fsp3) is 0.500. The van der Waals surface area contributed by atoms with Crippen molar-refractivity contribution in [1.29, 1.82) is 0 Å². The lowest BCUT2D eigenvalue weighted by atomic mass is 10.1. The number of likely N-dealkylation sites (tertiary alicyclic amines) is 1. The highest BCUT2D eigenvalue weighted by Gasteiger charge is 2.29. The largest absolute Gasteiger partial charge is 0.444 e. The van der Waals surface area contributed by atoms with E-state index in [1.165, 1.54) is 16.0 Å². The van der Waals surface area contributed by atoms with E-state index >= 15 is 0 Å². The molecule has 1 aromatic rings. The summed E-state index contributed by atoms with van der Waals surface area (Å²) >= 11 is 1.75. The van der Waals surface area contributed by atoms with Crippen molar-refractivity contribution in [3.8, 4) is 0 Å². The molecule has 0 atom stereocenters. The quantitative estimate of drug-likeness (QED) is 0.775. The van der Waals surface area contributed by atoms with Crippen LogP contribution in [0.15, 0.2) is 17.0 Å². The van der Waals surface area contributed by atoms with Crippen LogP contribution in [0, 0.1) is 6.92 Å². The van der Waals surface area contributed by atoms with Gasteiger partial charge >= 0.3 is 6.09 Å². The van der Waals surface area contributed by atoms with Crippen molar-refractivity contribution in [1.82, 2.24) is 4.90 Å². The Balaban J connectivity index is 1.87. The zero-order chi connectivity index (χ0) is 13.3. The molecule has 1 amide bonds. The van der Waals surface area contributed by atoms with Crippen molar-refractivity contribution in [2.24, 2.45) is 0 Å². The van der Waals surface area contributed by atoms with Gasteiger partial charge in [-0.25, -0.2) is 4.79 Å². The molecule has 4 heteroatoms. The molecule has 2 rings (SSSR count). The van der Waals surface area contributed by atoms with Gasteiger partial charge < -0.3 is 9.64 Å². The minimum Gasteiger partial charge on any atom is -0.444 e. The molecule has 0 bridgehead atoms. The van der Waals surface area contributed by atoms with Crippen LogP contribution in [0.1, 0.15) is 31.2 Å². The van der Waals surface area contributed by atoms with Gasteiger partial charge in [-0.1, -0.05) is 6.08 Å². The Morgan fingerprint density at radius 1 is 1.44 bits per heavy atom. The molecule has 1 aromatic heterocycles. The minimum atomic E-state index is -0.416. The van der Waals surface area contributed by atoms with E-state index in [2.05, 4.69) is 24.4 Å². The number of hydrogen-bond acceptors (Lipinski definition) is 3. The van der Waals surface area contributed by atoms with Gasteiger partial charge in [0.1, 0.15) is 5.60 Å². The summed E-state index contributed by atoms with van der Waals surface area (Å²) in [5.41, 5.74) is 2.09. The molecule has 1 aliphatic heterocycles. The molecular weight excluding hydrogens is 246 g/mol. The van der Waals surface area contributed by atoms with E-state index in [1.54, 1.807) is 16.2 Å². The molecule has 98 valence electrons. The van der Waals surface area contributed by atoms with Crippen LogP contribution in [0.4, 0.5) is 4.79 Å². The third-order valence-electron chi connectivity index (χ3n) is 2.56. The van der Waals surface area contributed by atoms with Crippen LogP contribution in [-0.2, 0) is 4.74 Å². The van der Waals surface area contributed by atoms with E-state index in [0.29, 0.717) is 13.1 Å². The van der Waals surface area contributed by atoms with Crippen molar-refractivity contribution in [3.05, 3.63) is 27.5 Å². The van der Waals surface area contributed by atoms with E-state index in [9.17, 15) is 4.79 Å². The number of aryl methyl sites for hydroxylation is 1. The van der Waals surface area contributed by atoms with Crippen LogP contribution in [0.3, 0.4) is 0 Å². The zero-order valence-electron chi connectivity index (χ0n) is 11.3. The average Bonchev–Trinajstić information content (AvgIpc) is 2.53. The molecule has 0 aromatic carbocycles. The zero-order valence-corrected chi connectivity index (χ0v) is 12.1. The maximum absolute atomic E-state index is 11.7. The average molecular weight is 265 g/mol. The Bertz CT molecular complexity index is 474. The summed E-state index contributed by atoms with van der Waals surface area (Å²) < 4.78 is 5.31. The van der Waals surface area contributed by atoms with Gasteiger partial charge in [0.2, 0.25) is 0 Å². The Morgan fingerprint density at radius 3 is 2.61 bits per heavy atom. The van der Waals surface area contributed by atoms with E-state index in [0.717, 1.165) is 0 Å². The molecule has 0 N–H and O–H groups in total. The highest BCUT2D eigenvalue weighted by Crippen LogP contribution is 2.23. The second-order valence-corrected chi connectivity index (χ2v) is 6.75. The lowest BCUT2D eigenvalue weighted by molar-refractivity contribution is 0.0216. The summed E-state index contributed by atoms with van der Waals surface area (Å²) in [6.07, 6.45) is 1.94. The third kappa shape index (κ3) is 3.35. The molecule has 3 nitrogen and oxygen atoms in total. The first kappa shape index (κ1) is 13.1. The van der Waals surface area contributed by atoms with Gasteiger partial charge in [-0.3, -0.25) is 0 Å². The van der Waals surface area contributed by atoms with Crippen LogP contribution in [0.25, 0.3) is 6.08 Å². The SMILES string of the molecule is Cc1cc(C=C2CN(C(=O)OC(C)(C)C)C2)cs1. The van der Waals surface area contributed by atoms with E-state index in [4.69, 9.17) is 4.74 Å². The lowest BCUT2D eigenvalue weighted by Crippen LogP contribution is -2.46. The van der Waals surface area contributed by atoms with Gasteiger partial charge in [0.05, 0.1) is 0 Å². The maximum atomic E-state index is 11.7. The van der Waals surface area contributed by atoms with Gasteiger partial charge in [0.25, 0.3) is 0 Å². The van der Waals surface area contributed by atoms with Crippen molar-refractivity contribution < 1.29 is 9.53 Å².